The molecular weight excluding hydrogens is 300 g/mol. The normalized spacial score (nSPS) is 11.2. The van der Waals surface area contributed by atoms with E-state index in [4.69, 9.17) is 9.47 Å². The van der Waals surface area contributed by atoms with Crippen LogP contribution >= 0.6 is 15.9 Å². The number of halogens is 1. The molecule has 0 radical (unpaired) electrons. The van der Waals surface area contributed by atoms with Gasteiger partial charge in [0.15, 0.2) is 6.29 Å². The maximum absolute atomic E-state index is 11.9. The van der Waals surface area contributed by atoms with Gasteiger partial charge in [-0.3, -0.25) is 4.57 Å². The van der Waals surface area contributed by atoms with E-state index in [-0.39, 0.29) is 5.69 Å². The predicted octanol–water partition coefficient (Wildman–Crippen LogP) is 2.02. The van der Waals surface area contributed by atoms with Crippen LogP contribution in [0.25, 0.3) is 0 Å². The van der Waals surface area contributed by atoms with Gasteiger partial charge < -0.3 is 9.47 Å². The van der Waals surface area contributed by atoms with E-state index >= 15 is 0 Å². The molecule has 102 valence electrons. The number of hydrogen-bond donors (Lipinski definition) is 0. The number of ether oxygens (including phenoxy) is 2. The predicted molar refractivity (Wildman–Crippen MR) is 72.7 cm³/mol. The van der Waals surface area contributed by atoms with E-state index in [0.29, 0.717) is 25.5 Å². The Kier molecular flexibility index (Phi) is 5.98. The molecule has 0 aromatic carbocycles. The zero-order valence-electron chi connectivity index (χ0n) is 11.2. The summed E-state index contributed by atoms with van der Waals surface area (Å²) in [7, 11) is 0. The summed E-state index contributed by atoms with van der Waals surface area (Å²) in [5, 5.41) is 0. The van der Waals surface area contributed by atoms with Crippen molar-refractivity contribution in [3.8, 4) is 0 Å². The lowest BCUT2D eigenvalue weighted by molar-refractivity contribution is -0.144. The van der Waals surface area contributed by atoms with Gasteiger partial charge in [0.25, 0.3) is 0 Å². The molecule has 18 heavy (non-hydrogen) atoms. The Hall–Kier alpha value is -0.720. The second-order valence-electron chi connectivity index (χ2n) is 3.83. The van der Waals surface area contributed by atoms with E-state index in [1.165, 1.54) is 0 Å². The third-order valence-electron chi connectivity index (χ3n) is 2.57. The minimum atomic E-state index is -0.423. The minimum Gasteiger partial charge on any atom is -0.351 e. The van der Waals surface area contributed by atoms with Crippen LogP contribution in [0.15, 0.2) is 9.27 Å². The summed E-state index contributed by atoms with van der Waals surface area (Å²) in [6, 6.07) is 0. The molecule has 0 aliphatic carbocycles. The smallest absolute Gasteiger partial charge is 0.348 e. The second-order valence-corrected chi connectivity index (χ2v) is 4.62. The maximum Gasteiger partial charge on any atom is 0.348 e. The van der Waals surface area contributed by atoms with Crippen LogP contribution in [0.4, 0.5) is 0 Å². The Morgan fingerprint density at radius 3 is 2.33 bits per heavy atom. The Bertz CT molecular complexity index is 453. The van der Waals surface area contributed by atoms with Gasteiger partial charge in [-0.25, -0.2) is 4.79 Å². The van der Waals surface area contributed by atoms with Gasteiger partial charge in [-0.15, -0.1) is 0 Å². The monoisotopic (exact) mass is 318 g/mol. The van der Waals surface area contributed by atoms with E-state index in [1.807, 2.05) is 20.8 Å². The lowest BCUT2D eigenvalue weighted by Crippen LogP contribution is -2.33. The summed E-state index contributed by atoms with van der Waals surface area (Å²) < 4.78 is 13.3. The molecule has 0 aliphatic rings. The zero-order chi connectivity index (χ0) is 13.7. The highest BCUT2D eigenvalue weighted by atomic mass is 79.9. The summed E-state index contributed by atoms with van der Waals surface area (Å²) in [5.41, 5.74) is 1.24. The van der Waals surface area contributed by atoms with Crippen molar-refractivity contribution in [1.29, 1.82) is 0 Å². The molecule has 1 aromatic heterocycles. The third-order valence-corrected chi connectivity index (χ3v) is 3.72. The first-order valence-electron chi connectivity index (χ1n) is 5.97. The van der Waals surface area contributed by atoms with Crippen molar-refractivity contribution >= 4 is 15.9 Å². The lowest BCUT2D eigenvalue weighted by Gasteiger charge is -2.20. The van der Waals surface area contributed by atoms with Crippen LogP contribution in [0.3, 0.4) is 0 Å². The van der Waals surface area contributed by atoms with Crippen LogP contribution in [0.5, 0.6) is 0 Å². The highest BCUT2D eigenvalue weighted by molar-refractivity contribution is 9.10. The molecule has 0 aliphatic heterocycles. The van der Waals surface area contributed by atoms with Crippen molar-refractivity contribution in [2.45, 2.75) is 40.5 Å². The molecule has 0 amide bonds. The fourth-order valence-corrected chi connectivity index (χ4v) is 1.97. The Balaban J connectivity index is 3.02. The molecule has 6 heteroatoms. The van der Waals surface area contributed by atoms with E-state index in [2.05, 4.69) is 20.9 Å². The van der Waals surface area contributed by atoms with Gasteiger partial charge in [0.05, 0.1) is 16.7 Å². The fourth-order valence-electron chi connectivity index (χ4n) is 1.67. The van der Waals surface area contributed by atoms with Gasteiger partial charge in [0.2, 0.25) is 0 Å². The van der Waals surface area contributed by atoms with E-state index < -0.39 is 6.29 Å². The summed E-state index contributed by atoms with van der Waals surface area (Å²) in [6.07, 6.45) is -0.423. The van der Waals surface area contributed by atoms with Crippen LogP contribution in [-0.4, -0.2) is 29.1 Å². The maximum atomic E-state index is 11.9. The molecule has 1 heterocycles. The quantitative estimate of drug-likeness (QED) is 0.753. The summed E-state index contributed by atoms with van der Waals surface area (Å²) in [4.78, 5) is 15.8. The molecule has 0 saturated heterocycles. The van der Waals surface area contributed by atoms with Crippen LogP contribution in [0, 0.1) is 13.8 Å². The third kappa shape index (κ3) is 3.63. The molecule has 5 nitrogen and oxygen atoms in total. The van der Waals surface area contributed by atoms with Gasteiger partial charge in [0.1, 0.15) is 0 Å². The molecule has 0 atom stereocenters. The van der Waals surface area contributed by atoms with Gasteiger partial charge in [-0.1, -0.05) is 0 Å². The summed E-state index contributed by atoms with van der Waals surface area (Å²) >= 11 is 3.43. The van der Waals surface area contributed by atoms with Crippen molar-refractivity contribution in [1.82, 2.24) is 9.55 Å². The Morgan fingerprint density at radius 2 is 1.83 bits per heavy atom. The number of aryl methyl sites for hydroxylation is 1. The standard InChI is InChI=1S/C12H19BrN2O3/c1-5-17-10(18-6-2)7-15-9(4)11(13)8(3)14-12(15)16/h10H,5-7H2,1-4H3. The largest absolute Gasteiger partial charge is 0.351 e. The van der Waals surface area contributed by atoms with E-state index in [9.17, 15) is 4.79 Å². The lowest BCUT2D eigenvalue weighted by atomic mass is 10.3. The molecular formula is C12H19BrN2O3. The molecule has 0 fully saturated rings. The number of nitrogens with zero attached hydrogens (tertiary/aromatic N) is 2. The van der Waals surface area contributed by atoms with Gasteiger partial charge in [-0.2, -0.15) is 4.98 Å². The van der Waals surface area contributed by atoms with Crippen LogP contribution in [0.1, 0.15) is 25.2 Å². The second kappa shape index (κ2) is 7.01. The fraction of sp³-hybridized carbons (Fsp3) is 0.667. The highest BCUT2D eigenvalue weighted by Crippen LogP contribution is 2.17. The molecule has 0 bridgehead atoms. The van der Waals surface area contributed by atoms with Crippen molar-refractivity contribution < 1.29 is 9.47 Å². The summed E-state index contributed by atoms with van der Waals surface area (Å²) in [6.45, 7) is 8.88. The topological polar surface area (TPSA) is 53.4 Å². The van der Waals surface area contributed by atoms with Crippen molar-refractivity contribution in [3.63, 3.8) is 0 Å². The molecule has 0 saturated carbocycles. The number of hydrogen-bond acceptors (Lipinski definition) is 4. The number of aromatic nitrogens is 2. The van der Waals surface area contributed by atoms with Gasteiger partial charge >= 0.3 is 5.69 Å². The van der Waals surface area contributed by atoms with Crippen LogP contribution < -0.4 is 5.69 Å². The first-order chi connectivity index (χ1) is 8.51. The molecule has 0 N–H and O–H groups in total. The Morgan fingerprint density at radius 1 is 1.28 bits per heavy atom. The van der Waals surface area contributed by atoms with Crippen molar-refractivity contribution in [3.05, 3.63) is 26.3 Å². The SMILES string of the molecule is CCOC(Cn1c(C)c(Br)c(C)nc1=O)OCC. The zero-order valence-corrected chi connectivity index (χ0v) is 12.8. The first-order valence-corrected chi connectivity index (χ1v) is 6.77. The van der Waals surface area contributed by atoms with Gasteiger partial charge in [-0.05, 0) is 43.6 Å². The van der Waals surface area contributed by atoms with Crippen LogP contribution in [-0.2, 0) is 16.0 Å². The summed E-state index contributed by atoms with van der Waals surface area (Å²) in [5.74, 6) is 0. The number of rotatable bonds is 6. The molecule has 0 unspecified atom stereocenters. The minimum absolute atomic E-state index is 0.280. The molecule has 1 aromatic rings. The first kappa shape index (κ1) is 15.3. The highest BCUT2D eigenvalue weighted by Gasteiger charge is 2.15. The molecule has 1 rings (SSSR count). The van der Waals surface area contributed by atoms with Gasteiger partial charge in [0, 0.05) is 18.9 Å². The van der Waals surface area contributed by atoms with E-state index in [1.54, 1.807) is 11.5 Å². The van der Waals surface area contributed by atoms with Crippen LogP contribution in [0.2, 0.25) is 0 Å². The van der Waals surface area contributed by atoms with E-state index in [0.717, 1.165) is 10.2 Å². The van der Waals surface area contributed by atoms with Crippen molar-refractivity contribution in [2.75, 3.05) is 13.2 Å². The Labute approximate surface area is 115 Å². The average Bonchev–Trinajstić information content (AvgIpc) is 2.32. The van der Waals surface area contributed by atoms with Crippen molar-refractivity contribution in [2.24, 2.45) is 0 Å². The molecule has 0 spiro atoms. The average molecular weight is 319 g/mol.